The van der Waals surface area contributed by atoms with Crippen molar-refractivity contribution in [1.29, 1.82) is 0 Å². The van der Waals surface area contributed by atoms with E-state index in [1.807, 2.05) is 0 Å². The molecule has 1 rings (SSSR count). The van der Waals surface area contributed by atoms with Gasteiger partial charge in [0.05, 0.1) is 6.42 Å². The van der Waals surface area contributed by atoms with Crippen LogP contribution in [0.2, 0.25) is 0 Å². The van der Waals surface area contributed by atoms with Crippen LogP contribution in [0.15, 0.2) is 21.6 Å². The first-order valence-corrected chi connectivity index (χ1v) is 6.19. The number of halogens is 3. The van der Waals surface area contributed by atoms with Gasteiger partial charge in [-0.05, 0) is 12.1 Å². The molecule has 1 aromatic rings. The largest absolute Gasteiger partial charge is 0.440 e. The third-order valence-corrected chi connectivity index (χ3v) is 3.82. The van der Waals surface area contributed by atoms with Gasteiger partial charge in [-0.1, -0.05) is 0 Å². The number of alkyl halides is 3. The maximum absolute atomic E-state index is 12.0. The quantitative estimate of drug-likeness (QED) is 0.772. The first kappa shape index (κ1) is 14.7. The topological polar surface area (TPSA) is 67.6 Å². The van der Waals surface area contributed by atoms with Gasteiger partial charge in [0.1, 0.15) is 0 Å². The molecule has 18 heavy (non-hydrogen) atoms. The number of hydrogen-bond acceptors (Lipinski definition) is 4. The number of carbonyl (C=O) groups is 1. The van der Waals surface area contributed by atoms with Crippen molar-refractivity contribution in [3.05, 3.63) is 17.9 Å². The van der Waals surface area contributed by atoms with Gasteiger partial charge in [-0.25, -0.2) is 8.42 Å². The molecule has 0 saturated carbocycles. The first-order valence-electron chi connectivity index (χ1n) is 4.75. The molecule has 0 aliphatic rings. The molecule has 0 spiro atoms. The lowest BCUT2D eigenvalue weighted by Gasteiger charge is -2.16. The summed E-state index contributed by atoms with van der Waals surface area (Å²) in [6.07, 6.45) is -5.40. The summed E-state index contributed by atoms with van der Waals surface area (Å²) in [5.74, 6) is -0.210. The highest BCUT2D eigenvalue weighted by Crippen LogP contribution is 2.22. The highest BCUT2D eigenvalue weighted by Gasteiger charge is 2.31. The predicted octanol–water partition coefficient (Wildman–Crippen LogP) is 1.67. The lowest BCUT2D eigenvalue weighted by Crippen LogP contribution is -2.30. The summed E-state index contributed by atoms with van der Waals surface area (Å²) in [4.78, 5) is 10.3. The number of sulfonamides is 1. The van der Waals surface area contributed by atoms with E-state index >= 15 is 0 Å². The van der Waals surface area contributed by atoms with Crippen molar-refractivity contribution in [2.24, 2.45) is 0 Å². The minimum absolute atomic E-state index is 0.210. The lowest BCUT2D eigenvalue weighted by molar-refractivity contribution is -0.135. The van der Waals surface area contributed by atoms with Gasteiger partial charge >= 0.3 is 6.18 Å². The molecule has 0 amide bonds. The van der Waals surface area contributed by atoms with E-state index in [4.69, 9.17) is 0 Å². The molecular weight excluding hydrogens is 275 g/mol. The first-order chi connectivity index (χ1) is 8.16. The average molecular weight is 285 g/mol. The molecule has 0 atom stereocenters. The fraction of sp³-hybridized carbons (Fsp3) is 0.444. The third kappa shape index (κ3) is 3.57. The minimum Gasteiger partial charge on any atom is -0.440 e. The molecule has 102 valence electrons. The van der Waals surface area contributed by atoms with E-state index in [-0.39, 0.29) is 5.76 Å². The number of furan rings is 1. The molecule has 0 unspecified atom stereocenters. The van der Waals surface area contributed by atoms with Crippen LogP contribution < -0.4 is 0 Å². The highest BCUT2D eigenvalue weighted by atomic mass is 32.2. The molecule has 1 aromatic heterocycles. The van der Waals surface area contributed by atoms with E-state index < -0.39 is 34.3 Å². The smallest absolute Gasteiger partial charge is 0.390 e. The summed E-state index contributed by atoms with van der Waals surface area (Å²) in [6, 6.07) is 2.14. The molecule has 1 heterocycles. The molecule has 0 bridgehead atoms. The van der Waals surface area contributed by atoms with E-state index in [1.165, 1.54) is 0 Å². The number of hydrogen-bond donors (Lipinski definition) is 0. The number of aldehydes is 1. The Morgan fingerprint density at radius 2 is 2.00 bits per heavy atom. The van der Waals surface area contributed by atoms with Crippen molar-refractivity contribution < 1.29 is 30.8 Å². The third-order valence-electron chi connectivity index (χ3n) is 2.09. The molecular formula is C9H10F3NO4S. The van der Waals surface area contributed by atoms with Crippen LogP contribution in [0.1, 0.15) is 17.0 Å². The summed E-state index contributed by atoms with van der Waals surface area (Å²) < 4.78 is 64.6. The van der Waals surface area contributed by atoms with Crippen molar-refractivity contribution in [1.82, 2.24) is 4.31 Å². The average Bonchev–Trinajstić information content (AvgIpc) is 2.73. The van der Waals surface area contributed by atoms with Crippen molar-refractivity contribution in [2.75, 3.05) is 13.6 Å². The second-order valence-electron chi connectivity index (χ2n) is 3.47. The van der Waals surface area contributed by atoms with Crippen LogP contribution in [0.5, 0.6) is 0 Å². The van der Waals surface area contributed by atoms with E-state index in [1.54, 1.807) is 0 Å². The summed E-state index contributed by atoms with van der Waals surface area (Å²) in [6.45, 7) is -0.719. The Hall–Kier alpha value is -1.35. The van der Waals surface area contributed by atoms with Crippen LogP contribution in [0, 0.1) is 0 Å². The summed E-state index contributed by atoms with van der Waals surface area (Å²) in [5.41, 5.74) is 0. The summed E-state index contributed by atoms with van der Waals surface area (Å²) in [5, 5.41) is -0.561. The number of rotatable bonds is 5. The summed E-state index contributed by atoms with van der Waals surface area (Å²) in [7, 11) is -3.14. The zero-order chi connectivity index (χ0) is 14.0. The molecule has 0 radical (unpaired) electrons. The molecule has 9 heteroatoms. The van der Waals surface area contributed by atoms with Crippen molar-refractivity contribution >= 4 is 16.3 Å². The van der Waals surface area contributed by atoms with Crippen LogP contribution >= 0.6 is 0 Å². The fourth-order valence-electron chi connectivity index (χ4n) is 1.09. The maximum Gasteiger partial charge on any atom is 0.390 e. The van der Waals surface area contributed by atoms with Crippen LogP contribution in [-0.4, -0.2) is 38.8 Å². The molecule has 0 aromatic carbocycles. The Balaban J connectivity index is 2.83. The van der Waals surface area contributed by atoms with Gasteiger partial charge in [0.15, 0.2) is 12.0 Å². The molecule has 0 fully saturated rings. The Morgan fingerprint density at radius 3 is 2.44 bits per heavy atom. The molecule has 0 aliphatic heterocycles. The Labute approximate surface area is 101 Å². The van der Waals surface area contributed by atoms with Crippen molar-refractivity contribution in [3.8, 4) is 0 Å². The SMILES string of the molecule is CN(CCC(F)(F)F)S(=O)(=O)c1ccc(C=O)o1. The second kappa shape index (κ2) is 5.11. The lowest BCUT2D eigenvalue weighted by atomic mass is 10.4. The van der Waals surface area contributed by atoms with Gasteiger partial charge in [-0.2, -0.15) is 17.5 Å². The van der Waals surface area contributed by atoms with E-state index in [2.05, 4.69) is 4.42 Å². The monoisotopic (exact) mass is 285 g/mol. The molecule has 5 nitrogen and oxygen atoms in total. The maximum atomic E-state index is 12.0. The minimum atomic E-state index is -4.44. The van der Waals surface area contributed by atoms with E-state index in [9.17, 15) is 26.4 Å². The van der Waals surface area contributed by atoms with Gasteiger partial charge in [-0.3, -0.25) is 4.79 Å². The van der Waals surface area contributed by atoms with Gasteiger partial charge in [0.25, 0.3) is 10.0 Å². The van der Waals surface area contributed by atoms with Crippen molar-refractivity contribution in [2.45, 2.75) is 17.7 Å². The standard InChI is InChI=1S/C9H10F3NO4S/c1-13(5-4-9(10,11)12)18(15,16)8-3-2-7(6-14)17-8/h2-3,6H,4-5H2,1H3. The van der Waals surface area contributed by atoms with Gasteiger partial charge < -0.3 is 4.42 Å². The van der Waals surface area contributed by atoms with Crippen LogP contribution in [0.4, 0.5) is 13.2 Å². The van der Waals surface area contributed by atoms with E-state index in [0.717, 1.165) is 19.2 Å². The van der Waals surface area contributed by atoms with Crippen LogP contribution in [0.3, 0.4) is 0 Å². The second-order valence-corrected chi connectivity index (χ2v) is 5.44. The van der Waals surface area contributed by atoms with Crippen LogP contribution in [0.25, 0.3) is 0 Å². The van der Waals surface area contributed by atoms with Gasteiger partial charge in [0, 0.05) is 13.6 Å². The molecule has 0 aliphatic carbocycles. The molecule has 0 saturated heterocycles. The van der Waals surface area contributed by atoms with Crippen LogP contribution in [-0.2, 0) is 10.0 Å². The Morgan fingerprint density at radius 1 is 1.39 bits per heavy atom. The zero-order valence-electron chi connectivity index (χ0n) is 9.27. The Bertz CT molecular complexity index is 520. The van der Waals surface area contributed by atoms with E-state index in [0.29, 0.717) is 10.6 Å². The van der Waals surface area contributed by atoms with Gasteiger partial charge in [-0.15, -0.1) is 0 Å². The fourth-order valence-corrected chi connectivity index (χ4v) is 2.17. The highest BCUT2D eigenvalue weighted by molar-refractivity contribution is 7.89. The van der Waals surface area contributed by atoms with Crippen molar-refractivity contribution in [3.63, 3.8) is 0 Å². The summed E-state index contributed by atoms with van der Waals surface area (Å²) >= 11 is 0. The number of carbonyl (C=O) groups excluding carboxylic acids is 1. The Kier molecular flexibility index (Phi) is 4.17. The zero-order valence-corrected chi connectivity index (χ0v) is 10.1. The number of nitrogens with zero attached hydrogens (tertiary/aromatic N) is 1. The van der Waals surface area contributed by atoms with Gasteiger partial charge in [0.2, 0.25) is 5.09 Å². The normalized spacial score (nSPS) is 12.9. The predicted molar refractivity (Wildman–Crippen MR) is 54.6 cm³/mol. The molecule has 0 N–H and O–H groups in total.